The van der Waals surface area contributed by atoms with Crippen molar-refractivity contribution < 1.29 is 23.7 Å². The number of nitrogens with one attached hydrogen (secondary N) is 2. The molecule has 2 N–H and O–H groups in total. The minimum absolute atomic E-state index is 0.0637. The summed E-state index contributed by atoms with van der Waals surface area (Å²) in [5.74, 6) is 0.413. The topological polar surface area (TPSA) is 89.1 Å². The van der Waals surface area contributed by atoms with E-state index in [1.165, 1.54) is 4.90 Å². The number of quaternary nitrogens is 1. The number of hydrogen-bond donors (Lipinski definition) is 2. The molecule has 9 heteroatoms. The van der Waals surface area contributed by atoms with Crippen molar-refractivity contribution in [2.75, 3.05) is 51.3 Å². The second-order valence-electron chi connectivity index (χ2n) is 7.07. The zero-order valence-electron chi connectivity index (χ0n) is 16.4. The van der Waals surface area contributed by atoms with E-state index in [0.717, 1.165) is 39.3 Å². The molecular formula is C20H26ClN4O4+. The number of anilines is 1. The van der Waals surface area contributed by atoms with Crippen molar-refractivity contribution in [2.45, 2.75) is 13.3 Å². The SMILES string of the molecule is Cc1cc(NC(=O)CN(CCC[NH+]2CCOCC2)C(=O)c2ccc(Cl)cc2)no1. The highest BCUT2D eigenvalue weighted by Gasteiger charge is 2.21. The highest BCUT2D eigenvalue weighted by Crippen LogP contribution is 2.12. The maximum Gasteiger partial charge on any atom is 0.254 e. The summed E-state index contributed by atoms with van der Waals surface area (Å²) >= 11 is 5.92. The van der Waals surface area contributed by atoms with E-state index in [1.54, 1.807) is 42.2 Å². The van der Waals surface area contributed by atoms with Gasteiger partial charge in [0.05, 0.1) is 19.8 Å². The molecule has 2 aromatic rings. The molecule has 1 aromatic carbocycles. The normalized spacial score (nSPS) is 14.6. The molecule has 156 valence electrons. The summed E-state index contributed by atoms with van der Waals surface area (Å²) in [4.78, 5) is 28.4. The van der Waals surface area contributed by atoms with Crippen molar-refractivity contribution in [1.82, 2.24) is 10.1 Å². The molecule has 0 spiro atoms. The van der Waals surface area contributed by atoms with Crippen LogP contribution in [0.15, 0.2) is 34.9 Å². The average molecular weight is 422 g/mol. The zero-order chi connectivity index (χ0) is 20.6. The van der Waals surface area contributed by atoms with E-state index in [-0.39, 0.29) is 18.4 Å². The molecule has 0 bridgehead atoms. The number of morpholine rings is 1. The number of aromatic nitrogens is 1. The van der Waals surface area contributed by atoms with Gasteiger partial charge in [0, 0.05) is 29.6 Å². The van der Waals surface area contributed by atoms with E-state index in [4.69, 9.17) is 20.9 Å². The second kappa shape index (κ2) is 10.4. The van der Waals surface area contributed by atoms with Crippen LogP contribution in [0.4, 0.5) is 5.82 Å². The van der Waals surface area contributed by atoms with Crippen molar-refractivity contribution in [1.29, 1.82) is 0 Å². The molecule has 2 amide bonds. The largest absolute Gasteiger partial charge is 0.370 e. The Labute approximate surface area is 174 Å². The second-order valence-corrected chi connectivity index (χ2v) is 7.51. The number of ether oxygens (including phenoxy) is 1. The quantitative estimate of drug-likeness (QED) is 0.664. The van der Waals surface area contributed by atoms with Crippen LogP contribution in [-0.2, 0) is 9.53 Å². The van der Waals surface area contributed by atoms with Crippen LogP contribution in [0, 0.1) is 6.92 Å². The maximum atomic E-state index is 13.0. The fourth-order valence-corrected chi connectivity index (χ4v) is 3.36. The van der Waals surface area contributed by atoms with Crippen LogP contribution in [0.25, 0.3) is 0 Å². The summed E-state index contributed by atoms with van der Waals surface area (Å²) < 4.78 is 10.3. The number of halogens is 1. The van der Waals surface area contributed by atoms with Gasteiger partial charge in [-0.3, -0.25) is 9.59 Å². The van der Waals surface area contributed by atoms with Gasteiger partial charge in [0.25, 0.3) is 5.91 Å². The van der Waals surface area contributed by atoms with Gasteiger partial charge in [-0.2, -0.15) is 0 Å². The van der Waals surface area contributed by atoms with E-state index < -0.39 is 0 Å². The Balaban J connectivity index is 1.61. The first kappa shape index (κ1) is 21.3. The third kappa shape index (κ3) is 6.56. The zero-order valence-corrected chi connectivity index (χ0v) is 17.2. The summed E-state index contributed by atoms with van der Waals surface area (Å²) in [6.07, 6.45) is 0.797. The lowest BCUT2D eigenvalue weighted by atomic mass is 10.2. The lowest BCUT2D eigenvalue weighted by molar-refractivity contribution is -0.908. The van der Waals surface area contributed by atoms with Crippen molar-refractivity contribution in [3.63, 3.8) is 0 Å². The Hall–Kier alpha value is -2.42. The van der Waals surface area contributed by atoms with Crippen LogP contribution in [0.3, 0.4) is 0 Å². The number of aryl methyl sites for hydroxylation is 1. The van der Waals surface area contributed by atoms with Crippen LogP contribution < -0.4 is 10.2 Å². The number of benzene rings is 1. The number of nitrogens with zero attached hydrogens (tertiary/aromatic N) is 2. The molecule has 0 radical (unpaired) electrons. The number of carbonyl (C=O) groups excluding carboxylic acids is 2. The van der Waals surface area contributed by atoms with E-state index in [2.05, 4.69) is 10.5 Å². The van der Waals surface area contributed by atoms with Gasteiger partial charge >= 0.3 is 0 Å². The fourth-order valence-electron chi connectivity index (χ4n) is 3.24. The summed E-state index contributed by atoms with van der Waals surface area (Å²) in [5.41, 5.74) is 0.498. The molecule has 3 rings (SSSR count). The predicted molar refractivity (Wildman–Crippen MR) is 108 cm³/mol. The van der Waals surface area contributed by atoms with Crippen molar-refractivity contribution in [2.24, 2.45) is 0 Å². The number of carbonyl (C=O) groups is 2. The summed E-state index contributed by atoms with van der Waals surface area (Å²) in [6.45, 7) is 6.56. The fraction of sp³-hybridized carbons (Fsp3) is 0.450. The van der Waals surface area contributed by atoms with Crippen molar-refractivity contribution in [3.05, 3.63) is 46.7 Å². The molecule has 1 aliphatic heterocycles. The molecule has 1 aliphatic rings. The maximum absolute atomic E-state index is 13.0. The molecule has 2 heterocycles. The first-order valence-electron chi connectivity index (χ1n) is 9.70. The smallest absolute Gasteiger partial charge is 0.254 e. The number of rotatable bonds is 8. The van der Waals surface area contributed by atoms with Gasteiger partial charge in [-0.25, -0.2) is 0 Å². The van der Waals surface area contributed by atoms with Crippen LogP contribution >= 0.6 is 11.6 Å². The molecule has 1 fully saturated rings. The Bertz CT molecular complexity index is 818. The van der Waals surface area contributed by atoms with E-state index in [1.807, 2.05) is 0 Å². The molecule has 0 atom stereocenters. The molecule has 0 unspecified atom stereocenters. The third-order valence-corrected chi connectivity index (χ3v) is 5.02. The van der Waals surface area contributed by atoms with Crippen molar-refractivity contribution in [3.8, 4) is 0 Å². The van der Waals surface area contributed by atoms with Crippen LogP contribution in [0.2, 0.25) is 5.02 Å². The monoisotopic (exact) mass is 421 g/mol. The van der Waals surface area contributed by atoms with Crippen LogP contribution in [-0.4, -0.2) is 67.8 Å². The lowest BCUT2D eigenvalue weighted by Crippen LogP contribution is -3.14. The molecular weight excluding hydrogens is 396 g/mol. The Kier molecular flexibility index (Phi) is 7.62. The number of amides is 2. The summed E-state index contributed by atoms with van der Waals surface area (Å²) in [5, 5.41) is 6.99. The highest BCUT2D eigenvalue weighted by molar-refractivity contribution is 6.30. The van der Waals surface area contributed by atoms with Crippen LogP contribution in [0.1, 0.15) is 22.5 Å². The van der Waals surface area contributed by atoms with Gasteiger partial charge in [-0.05, 0) is 31.2 Å². The summed E-state index contributed by atoms with van der Waals surface area (Å²) in [7, 11) is 0. The van der Waals surface area contributed by atoms with Gasteiger partial charge in [-0.1, -0.05) is 16.8 Å². The first-order chi connectivity index (χ1) is 14.0. The predicted octanol–water partition coefficient (Wildman–Crippen LogP) is 1.02. The molecule has 1 saturated heterocycles. The molecule has 0 saturated carbocycles. The van der Waals surface area contributed by atoms with Gasteiger partial charge in [0.15, 0.2) is 5.82 Å². The molecule has 29 heavy (non-hydrogen) atoms. The minimum atomic E-state index is -0.320. The minimum Gasteiger partial charge on any atom is -0.370 e. The highest BCUT2D eigenvalue weighted by atomic mass is 35.5. The standard InChI is InChI=1S/C20H25ClN4O4/c1-15-13-18(23-29-15)22-19(26)14-25(8-2-7-24-9-11-28-12-10-24)20(27)16-3-5-17(21)6-4-16/h3-6,13H,2,7-12,14H2,1H3,(H,22,23,26)/p+1. The van der Waals surface area contributed by atoms with Gasteiger partial charge in [-0.15, -0.1) is 0 Å². The van der Waals surface area contributed by atoms with Crippen LogP contribution in [0.5, 0.6) is 0 Å². The first-order valence-corrected chi connectivity index (χ1v) is 10.1. The van der Waals surface area contributed by atoms with E-state index >= 15 is 0 Å². The third-order valence-electron chi connectivity index (χ3n) is 4.77. The van der Waals surface area contributed by atoms with Gasteiger partial charge in [0.2, 0.25) is 5.91 Å². The Morgan fingerprint density at radius 1 is 1.24 bits per heavy atom. The van der Waals surface area contributed by atoms with Gasteiger partial charge in [0.1, 0.15) is 25.4 Å². The Morgan fingerprint density at radius 3 is 2.62 bits per heavy atom. The van der Waals surface area contributed by atoms with Gasteiger partial charge < -0.3 is 24.4 Å². The molecule has 0 aliphatic carbocycles. The molecule has 8 nitrogen and oxygen atoms in total. The number of hydrogen-bond acceptors (Lipinski definition) is 5. The summed E-state index contributed by atoms with van der Waals surface area (Å²) in [6, 6.07) is 8.31. The average Bonchev–Trinajstić information content (AvgIpc) is 3.12. The van der Waals surface area contributed by atoms with E-state index in [0.29, 0.717) is 28.7 Å². The Morgan fingerprint density at radius 2 is 1.97 bits per heavy atom. The van der Waals surface area contributed by atoms with E-state index in [9.17, 15) is 9.59 Å². The van der Waals surface area contributed by atoms with Crippen molar-refractivity contribution >= 4 is 29.2 Å². The lowest BCUT2D eigenvalue weighted by Gasteiger charge is -2.26. The molecule has 1 aromatic heterocycles.